The Morgan fingerprint density at radius 3 is 2.38 bits per heavy atom. The molecule has 0 radical (unpaired) electrons. The van der Waals surface area contributed by atoms with Gasteiger partial charge in [0.05, 0.1) is 6.10 Å². The van der Waals surface area contributed by atoms with Gasteiger partial charge in [-0.2, -0.15) is 15.0 Å². The molecule has 0 bridgehead atoms. The number of nitrogens with two attached hydrogens (primary N) is 2. The maximum atomic E-state index is 10.6. The van der Waals surface area contributed by atoms with Crippen LogP contribution in [0.5, 0.6) is 11.5 Å². The highest BCUT2D eigenvalue weighted by Gasteiger charge is 2.27. The number of aliphatic hydroxyl groups excluding tert-OH is 1. The molecule has 37 heavy (non-hydrogen) atoms. The Balaban J connectivity index is 1.37. The molecule has 196 valence electrons. The fraction of sp³-hybridized carbons (Fsp3) is 0.423. The smallest absolute Gasteiger partial charge is 0.233 e. The Hall–Kier alpha value is -3.67. The molecule has 2 aromatic carbocycles. The van der Waals surface area contributed by atoms with Crippen molar-refractivity contribution in [3.8, 4) is 11.5 Å². The number of piperidine rings is 2. The van der Waals surface area contributed by atoms with Crippen LogP contribution < -0.4 is 31.3 Å². The van der Waals surface area contributed by atoms with Gasteiger partial charge in [0, 0.05) is 55.6 Å². The number of para-hydroxylation sites is 1. The van der Waals surface area contributed by atoms with E-state index in [9.17, 15) is 10.2 Å². The number of aliphatic hydroxyl groups is 1. The molecule has 0 amide bonds. The third-order valence-electron chi connectivity index (χ3n) is 6.57. The molecule has 7 N–H and O–H groups in total. The number of nitrogens with zero attached hydrogens (tertiary/aromatic N) is 5. The number of anilines is 4. The summed E-state index contributed by atoms with van der Waals surface area (Å²) in [5, 5.41) is 24.0. The van der Waals surface area contributed by atoms with E-state index in [1.54, 1.807) is 12.1 Å². The van der Waals surface area contributed by atoms with Crippen LogP contribution in [-0.4, -0.2) is 69.5 Å². The van der Waals surface area contributed by atoms with Crippen LogP contribution in [0, 0.1) is 0 Å². The van der Waals surface area contributed by atoms with Crippen molar-refractivity contribution >= 4 is 23.5 Å². The first-order valence-electron chi connectivity index (χ1n) is 12.6. The second-order valence-electron chi connectivity index (χ2n) is 9.73. The molecule has 3 aromatic rings. The maximum absolute atomic E-state index is 10.6. The number of benzene rings is 2. The molecular weight excluding hydrogens is 472 g/mol. The number of hydrogen-bond donors (Lipinski definition) is 5. The molecule has 1 aromatic heterocycles. The number of phenols is 1. The highest BCUT2D eigenvalue weighted by molar-refractivity contribution is 5.59. The van der Waals surface area contributed by atoms with Crippen LogP contribution in [0.25, 0.3) is 0 Å². The van der Waals surface area contributed by atoms with Gasteiger partial charge in [0.25, 0.3) is 0 Å². The fourth-order valence-electron chi connectivity index (χ4n) is 4.74. The lowest BCUT2D eigenvalue weighted by atomic mass is 10.0. The van der Waals surface area contributed by atoms with E-state index in [2.05, 4.69) is 15.3 Å². The van der Waals surface area contributed by atoms with Crippen molar-refractivity contribution in [2.75, 3.05) is 41.3 Å². The van der Waals surface area contributed by atoms with E-state index in [0.717, 1.165) is 31.6 Å². The lowest BCUT2D eigenvalue weighted by Gasteiger charge is -2.35. The standard InChI is InChI=1S/C26H34N8O3/c27-18-11-19(28)14-34(13-18)26-31-24(30-25(32-26)33-10-4-5-21(35)15-33)29-20-9-8-17(23(36)12-20)16-37-22-6-2-1-3-7-22/h1-3,6-9,12,18-19,21,35-36H,4-5,10-11,13-16,27-28H2,(H,29,30,31,32)/t18-,19+,21-/m1/s1. The lowest BCUT2D eigenvalue weighted by molar-refractivity contribution is 0.153. The van der Waals surface area contributed by atoms with E-state index in [1.165, 1.54) is 0 Å². The molecule has 2 saturated heterocycles. The molecule has 11 nitrogen and oxygen atoms in total. The molecular formula is C26H34N8O3. The quantitative estimate of drug-likeness (QED) is 0.318. The SMILES string of the molecule is N[C@@H]1C[C@H](N)CN(c2nc(Nc3ccc(COc4ccccc4)c(O)c3)nc(N3CCC[C@@H](O)C3)n2)C1. The third kappa shape index (κ3) is 6.37. The zero-order chi connectivity index (χ0) is 25.8. The highest BCUT2D eigenvalue weighted by Crippen LogP contribution is 2.27. The van der Waals surface area contributed by atoms with Crippen molar-refractivity contribution in [1.82, 2.24) is 15.0 Å². The molecule has 0 spiro atoms. The predicted molar refractivity (Wildman–Crippen MR) is 142 cm³/mol. The second-order valence-corrected chi connectivity index (χ2v) is 9.73. The zero-order valence-corrected chi connectivity index (χ0v) is 20.7. The molecule has 5 rings (SSSR count). The zero-order valence-electron chi connectivity index (χ0n) is 20.7. The summed E-state index contributed by atoms with van der Waals surface area (Å²) in [7, 11) is 0. The molecule has 2 aliphatic rings. The van der Waals surface area contributed by atoms with Crippen LogP contribution in [0.2, 0.25) is 0 Å². The summed E-state index contributed by atoms with van der Waals surface area (Å²) in [6.45, 7) is 2.63. The summed E-state index contributed by atoms with van der Waals surface area (Å²) < 4.78 is 5.76. The minimum absolute atomic E-state index is 0.0696. The highest BCUT2D eigenvalue weighted by atomic mass is 16.5. The van der Waals surface area contributed by atoms with E-state index in [0.29, 0.717) is 48.7 Å². The van der Waals surface area contributed by atoms with E-state index in [4.69, 9.17) is 21.2 Å². The van der Waals surface area contributed by atoms with Crippen LogP contribution in [-0.2, 0) is 6.61 Å². The van der Waals surface area contributed by atoms with Gasteiger partial charge in [-0.15, -0.1) is 0 Å². The minimum atomic E-state index is -0.426. The normalized spacial score (nSPS) is 22.1. The number of hydrogen-bond acceptors (Lipinski definition) is 11. The van der Waals surface area contributed by atoms with Crippen molar-refractivity contribution < 1.29 is 14.9 Å². The topological polar surface area (TPSA) is 159 Å². The Morgan fingerprint density at radius 2 is 1.68 bits per heavy atom. The molecule has 11 heteroatoms. The Morgan fingerprint density at radius 1 is 0.946 bits per heavy atom. The Kier molecular flexibility index (Phi) is 7.54. The third-order valence-corrected chi connectivity index (χ3v) is 6.57. The summed E-state index contributed by atoms with van der Waals surface area (Å²) in [4.78, 5) is 17.9. The number of aromatic hydroxyl groups is 1. The van der Waals surface area contributed by atoms with Gasteiger partial charge in [0.15, 0.2) is 0 Å². The van der Waals surface area contributed by atoms with Crippen molar-refractivity contribution in [3.05, 3.63) is 54.1 Å². The van der Waals surface area contributed by atoms with Crippen molar-refractivity contribution in [3.63, 3.8) is 0 Å². The largest absolute Gasteiger partial charge is 0.507 e. The van der Waals surface area contributed by atoms with E-state index >= 15 is 0 Å². The monoisotopic (exact) mass is 506 g/mol. The predicted octanol–water partition coefficient (Wildman–Crippen LogP) is 1.73. The molecule has 2 fully saturated rings. The molecule has 3 atom stereocenters. The molecule has 2 aliphatic heterocycles. The van der Waals surface area contributed by atoms with Crippen molar-refractivity contribution in [2.45, 2.75) is 44.1 Å². The van der Waals surface area contributed by atoms with E-state index in [-0.39, 0.29) is 24.4 Å². The second kappa shape index (κ2) is 11.2. The Bertz CT molecular complexity index is 1190. The van der Waals surface area contributed by atoms with Gasteiger partial charge in [-0.05, 0) is 43.5 Å². The van der Waals surface area contributed by atoms with Crippen LogP contribution in [0.3, 0.4) is 0 Å². The number of nitrogens with one attached hydrogen (secondary N) is 1. The van der Waals surface area contributed by atoms with Crippen LogP contribution in [0.15, 0.2) is 48.5 Å². The summed E-state index contributed by atoms with van der Waals surface area (Å²) in [5.41, 5.74) is 13.7. The summed E-state index contributed by atoms with van der Waals surface area (Å²) in [6.07, 6.45) is 1.93. The van der Waals surface area contributed by atoms with Crippen molar-refractivity contribution in [2.24, 2.45) is 11.5 Å². The summed E-state index contributed by atoms with van der Waals surface area (Å²) >= 11 is 0. The first-order valence-corrected chi connectivity index (χ1v) is 12.6. The molecule has 3 heterocycles. The number of rotatable bonds is 7. The van der Waals surface area contributed by atoms with Gasteiger partial charge >= 0.3 is 0 Å². The van der Waals surface area contributed by atoms with Gasteiger partial charge in [-0.1, -0.05) is 18.2 Å². The van der Waals surface area contributed by atoms with Gasteiger partial charge in [0.1, 0.15) is 18.1 Å². The van der Waals surface area contributed by atoms with E-state index in [1.807, 2.05) is 46.2 Å². The fourth-order valence-corrected chi connectivity index (χ4v) is 4.74. The van der Waals surface area contributed by atoms with Crippen LogP contribution in [0.4, 0.5) is 23.5 Å². The first kappa shape index (κ1) is 25.0. The average molecular weight is 507 g/mol. The van der Waals surface area contributed by atoms with Gasteiger partial charge in [-0.25, -0.2) is 0 Å². The first-order chi connectivity index (χ1) is 17.9. The van der Waals surface area contributed by atoms with E-state index < -0.39 is 6.10 Å². The van der Waals surface area contributed by atoms with Crippen LogP contribution in [0.1, 0.15) is 24.8 Å². The lowest BCUT2D eigenvalue weighted by Crippen LogP contribution is -2.53. The number of aromatic nitrogens is 3. The number of β-amino-alcohol motifs (C(OH)–C–C–N with tert-alkyl or cyclic N) is 1. The van der Waals surface area contributed by atoms with Crippen molar-refractivity contribution in [1.29, 1.82) is 0 Å². The van der Waals surface area contributed by atoms with Gasteiger partial charge in [-0.3, -0.25) is 0 Å². The molecule has 0 unspecified atom stereocenters. The molecule has 0 saturated carbocycles. The summed E-state index contributed by atoms with van der Waals surface area (Å²) in [5.74, 6) is 2.13. The average Bonchev–Trinajstić information content (AvgIpc) is 2.88. The minimum Gasteiger partial charge on any atom is -0.507 e. The van der Waals surface area contributed by atoms with Crippen LogP contribution >= 0.6 is 0 Å². The molecule has 0 aliphatic carbocycles. The summed E-state index contributed by atoms with van der Waals surface area (Å²) in [6, 6.07) is 14.6. The number of ether oxygens (including phenoxy) is 1. The van der Waals surface area contributed by atoms with Gasteiger partial charge in [0.2, 0.25) is 17.8 Å². The van der Waals surface area contributed by atoms with Gasteiger partial charge < -0.3 is 41.5 Å². The number of phenolic OH excluding ortho intramolecular Hbond substituents is 1. The maximum Gasteiger partial charge on any atom is 0.233 e. The Labute approximate surface area is 216 Å².